The Hall–Kier alpha value is -1.06. The summed E-state index contributed by atoms with van der Waals surface area (Å²) < 4.78 is 11.6. The van der Waals surface area contributed by atoms with Crippen molar-refractivity contribution in [2.45, 2.75) is 38.6 Å². The average molecular weight is 277 g/mol. The zero-order valence-electron chi connectivity index (χ0n) is 12.8. The van der Waals surface area contributed by atoms with E-state index in [-0.39, 0.29) is 5.54 Å². The van der Waals surface area contributed by atoms with Crippen LogP contribution in [-0.4, -0.2) is 38.5 Å². The molecule has 0 saturated carbocycles. The zero-order valence-corrected chi connectivity index (χ0v) is 12.8. The van der Waals surface area contributed by atoms with Crippen molar-refractivity contribution in [3.8, 4) is 0 Å². The van der Waals surface area contributed by atoms with Crippen LogP contribution in [0.3, 0.4) is 0 Å². The van der Waals surface area contributed by atoms with Crippen molar-refractivity contribution in [3.63, 3.8) is 0 Å². The molecule has 0 spiro atoms. The van der Waals surface area contributed by atoms with Gasteiger partial charge in [0.25, 0.3) is 0 Å². The highest BCUT2D eigenvalue weighted by Crippen LogP contribution is 2.33. The highest BCUT2D eigenvalue weighted by molar-refractivity contribution is 5.49. The van der Waals surface area contributed by atoms with E-state index in [0.717, 1.165) is 39.4 Å². The first-order chi connectivity index (χ1) is 9.82. The van der Waals surface area contributed by atoms with E-state index >= 15 is 0 Å². The predicted octanol–water partition coefficient (Wildman–Crippen LogP) is 3.49. The number of anilines is 1. The Morgan fingerprint density at radius 1 is 1.00 bits per heavy atom. The predicted molar refractivity (Wildman–Crippen MR) is 83.4 cm³/mol. The van der Waals surface area contributed by atoms with E-state index in [4.69, 9.17) is 9.47 Å². The molecule has 1 aliphatic heterocycles. The number of hydrogen-bond donors (Lipinski definition) is 0. The minimum atomic E-state index is -0.00831. The Bertz CT molecular complexity index is 372. The molecular weight excluding hydrogens is 250 g/mol. The van der Waals surface area contributed by atoms with Crippen LogP contribution in [0, 0.1) is 0 Å². The van der Waals surface area contributed by atoms with Crippen LogP contribution in [0.2, 0.25) is 0 Å². The molecule has 1 heterocycles. The first-order valence-electron chi connectivity index (χ1n) is 7.80. The fraction of sp³-hybridized carbons (Fsp3) is 0.647. The van der Waals surface area contributed by atoms with Crippen LogP contribution in [-0.2, 0) is 9.47 Å². The van der Waals surface area contributed by atoms with Gasteiger partial charge in [-0.3, -0.25) is 0 Å². The van der Waals surface area contributed by atoms with Crippen LogP contribution in [0.15, 0.2) is 30.3 Å². The number of benzene rings is 1. The van der Waals surface area contributed by atoms with Gasteiger partial charge in [0.05, 0.1) is 18.8 Å². The fourth-order valence-electron chi connectivity index (χ4n) is 3.03. The summed E-state index contributed by atoms with van der Waals surface area (Å²) in [5, 5.41) is 0. The molecule has 0 amide bonds. The van der Waals surface area contributed by atoms with Crippen LogP contribution in [0.25, 0.3) is 0 Å². The summed E-state index contributed by atoms with van der Waals surface area (Å²) in [6.07, 6.45) is 3.64. The highest BCUT2D eigenvalue weighted by atomic mass is 16.5. The Morgan fingerprint density at radius 3 is 2.25 bits per heavy atom. The van der Waals surface area contributed by atoms with E-state index < -0.39 is 0 Å². The Kier molecular flexibility index (Phi) is 5.86. The standard InChI is InChI=1S/C17H27NO2/c1-3-19-14-17(15-20-4-2)12-8-9-13-18(17)16-10-6-5-7-11-16/h5-7,10-11H,3-4,8-9,12-15H2,1-2H3. The summed E-state index contributed by atoms with van der Waals surface area (Å²) in [6, 6.07) is 10.7. The number of rotatable bonds is 7. The van der Waals surface area contributed by atoms with Gasteiger partial charge in [-0.05, 0) is 45.2 Å². The van der Waals surface area contributed by atoms with Gasteiger partial charge >= 0.3 is 0 Å². The molecule has 0 atom stereocenters. The van der Waals surface area contributed by atoms with Crippen molar-refractivity contribution in [2.24, 2.45) is 0 Å². The number of para-hydroxylation sites is 1. The number of hydrogen-bond acceptors (Lipinski definition) is 3. The molecule has 3 nitrogen and oxygen atoms in total. The molecule has 0 bridgehead atoms. The molecule has 1 aromatic rings. The SMILES string of the molecule is CCOCC1(COCC)CCCCN1c1ccccc1. The van der Waals surface area contributed by atoms with E-state index in [0.29, 0.717) is 0 Å². The maximum absolute atomic E-state index is 5.80. The number of ether oxygens (including phenoxy) is 2. The second-order valence-corrected chi connectivity index (χ2v) is 5.44. The first kappa shape index (κ1) is 15.3. The van der Waals surface area contributed by atoms with E-state index in [1.807, 2.05) is 0 Å². The van der Waals surface area contributed by atoms with Gasteiger partial charge in [-0.1, -0.05) is 18.2 Å². The molecule has 1 aromatic carbocycles. The molecular formula is C17H27NO2. The van der Waals surface area contributed by atoms with Gasteiger partial charge in [-0.15, -0.1) is 0 Å². The van der Waals surface area contributed by atoms with Gasteiger partial charge < -0.3 is 14.4 Å². The molecule has 0 aromatic heterocycles. The third-order valence-electron chi connectivity index (χ3n) is 4.06. The molecule has 0 radical (unpaired) electrons. The summed E-state index contributed by atoms with van der Waals surface area (Å²) in [6.45, 7) is 8.22. The van der Waals surface area contributed by atoms with Crippen molar-refractivity contribution in [2.75, 3.05) is 37.9 Å². The first-order valence-corrected chi connectivity index (χ1v) is 7.80. The lowest BCUT2D eigenvalue weighted by atomic mass is 9.87. The Morgan fingerprint density at radius 2 is 1.65 bits per heavy atom. The summed E-state index contributed by atoms with van der Waals surface area (Å²) in [7, 11) is 0. The second kappa shape index (κ2) is 7.65. The summed E-state index contributed by atoms with van der Waals surface area (Å²) in [5.74, 6) is 0. The molecule has 1 aliphatic rings. The van der Waals surface area contributed by atoms with Crippen molar-refractivity contribution < 1.29 is 9.47 Å². The average Bonchev–Trinajstić information content (AvgIpc) is 2.52. The maximum atomic E-state index is 5.80. The Labute approximate surface area is 122 Å². The van der Waals surface area contributed by atoms with Crippen LogP contribution in [0.5, 0.6) is 0 Å². The van der Waals surface area contributed by atoms with Gasteiger partial charge in [0.1, 0.15) is 0 Å². The molecule has 1 fully saturated rings. The molecule has 2 rings (SSSR count). The van der Waals surface area contributed by atoms with Gasteiger partial charge in [0.15, 0.2) is 0 Å². The zero-order chi connectivity index (χ0) is 14.3. The number of piperidine rings is 1. The molecule has 3 heteroatoms. The molecule has 1 saturated heterocycles. The van der Waals surface area contributed by atoms with Crippen LogP contribution >= 0.6 is 0 Å². The maximum Gasteiger partial charge on any atom is 0.0867 e. The van der Waals surface area contributed by atoms with Crippen molar-refractivity contribution in [1.29, 1.82) is 0 Å². The van der Waals surface area contributed by atoms with Crippen LogP contribution in [0.1, 0.15) is 33.1 Å². The minimum absolute atomic E-state index is 0.00831. The largest absolute Gasteiger partial charge is 0.379 e. The molecule has 0 unspecified atom stereocenters. The normalized spacial score (nSPS) is 18.2. The van der Waals surface area contributed by atoms with Crippen molar-refractivity contribution >= 4 is 5.69 Å². The van der Waals surface area contributed by atoms with Gasteiger partial charge in [0.2, 0.25) is 0 Å². The highest BCUT2D eigenvalue weighted by Gasteiger charge is 2.39. The third kappa shape index (κ3) is 3.53. The van der Waals surface area contributed by atoms with E-state index in [2.05, 4.69) is 49.1 Å². The topological polar surface area (TPSA) is 21.7 Å². The van der Waals surface area contributed by atoms with E-state index in [1.165, 1.54) is 18.5 Å². The van der Waals surface area contributed by atoms with E-state index in [1.54, 1.807) is 0 Å². The van der Waals surface area contributed by atoms with Crippen molar-refractivity contribution in [3.05, 3.63) is 30.3 Å². The second-order valence-electron chi connectivity index (χ2n) is 5.44. The van der Waals surface area contributed by atoms with Gasteiger partial charge in [-0.2, -0.15) is 0 Å². The monoisotopic (exact) mass is 277 g/mol. The van der Waals surface area contributed by atoms with Gasteiger partial charge in [-0.25, -0.2) is 0 Å². The van der Waals surface area contributed by atoms with E-state index in [9.17, 15) is 0 Å². The van der Waals surface area contributed by atoms with Crippen LogP contribution in [0.4, 0.5) is 5.69 Å². The summed E-state index contributed by atoms with van der Waals surface area (Å²) in [4.78, 5) is 2.50. The fourth-order valence-corrected chi connectivity index (χ4v) is 3.03. The summed E-state index contributed by atoms with van der Waals surface area (Å²) in [5.41, 5.74) is 1.28. The lowest BCUT2D eigenvalue weighted by molar-refractivity contribution is 0.0156. The third-order valence-corrected chi connectivity index (χ3v) is 4.06. The van der Waals surface area contributed by atoms with Crippen LogP contribution < -0.4 is 4.90 Å². The molecule has 0 N–H and O–H groups in total. The quantitative estimate of drug-likeness (QED) is 0.761. The molecule has 20 heavy (non-hydrogen) atoms. The molecule has 0 aliphatic carbocycles. The van der Waals surface area contributed by atoms with Crippen molar-refractivity contribution in [1.82, 2.24) is 0 Å². The lowest BCUT2D eigenvalue weighted by Crippen LogP contribution is -2.58. The van der Waals surface area contributed by atoms with Gasteiger partial charge in [0, 0.05) is 25.4 Å². The smallest absolute Gasteiger partial charge is 0.0867 e. The lowest BCUT2D eigenvalue weighted by Gasteiger charge is -2.48. The molecule has 112 valence electrons. The minimum Gasteiger partial charge on any atom is -0.379 e. The Balaban J connectivity index is 2.23. The summed E-state index contributed by atoms with van der Waals surface area (Å²) >= 11 is 0. The number of nitrogens with zero attached hydrogens (tertiary/aromatic N) is 1.